The Morgan fingerprint density at radius 1 is 1.33 bits per heavy atom. The van der Waals surface area contributed by atoms with Crippen molar-refractivity contribution in [3.05, 3.63) is 0 Å². The molecule has 21 heavy (non-hydrogen) atoms. The summed E-state index contributed by atoms with van der Waals surface area (Å²) in [5, 5.41) is 21.6. The van der Waals surface area contributed by atoms with Crippen molar-refractivity contribution in [2.24, 2.45) is 0 Å². The number of rotatable bonds is 4. The minimum atomic E-state index is -1.06. The lowest BCUT2D eigenvalue weighted by Crippen LogP contribution is -2.50. The van der Waals surface area contributed by atoms with E-state index in [1.54, 1.807) is 11.8 Å². The zero-order valence-electron chi connectivity index (χ0n) is 12.4. The number of β-amino-alcohol motifs (C(OH)–C–C–N with tert-alkyl or cyclic N) is 1. The number of carboxylic acid groups (broad SMARTS) is 1. The summed E-state index contributed by atoms with van der Waals surface area (Å²) in [7, 11) is 0. The summed E-state index contributed by atoms with van der Waals surface area (Å²) >= 11 is 1.79. The van der Waals surface area contributed by atoms with E-state index in [2.05, 4.69) is 11.6 Å². The van der Waals surface area contributed by atoms with E-state index in [9.17, 15) is 14.7 Å². The van der Waals surface area contributed by atoms with Gasteiger partial charge < -0.3 is 20.4 Å². The maximum atomic E-state index is 12.2. The van der Waals surface area contributed by atoms with Crippen LogP contribution < -0.4 is 5.32 Å². The molecule has 6 nitrogen and oxygen atoms in total. The van der Waals surface area contributed by atoms with Crippen LogP contribution >= 0.6 is 11.8 Å². The Morgan fingerprint density at radius 2 is 2.00 bits per heavy atom. The molecule has 1 heterocycles. The number of hydrogen-bond donors (Lipinski definition) is 3. The van der Waals surface area contributed by atoms with Gasteiger partial charge in [-0.1, -0.05) is 19.3 Å². The molecular formula is C14H24N2O4S. The number of amides is 2. The molecule has 7 heteroatoms. The molecule has 0 aromatic heterocycles. The van der Waals surface area contributed by atoms with E-state index in [-0.39, 0.29) is 23.7 Å². The Kier molecular flexibility index (Phi) is 5.37. The third-order valence-corrected chi connectivity index (χ3v) is 6.00. The van der Waals surface area contributed by atoms with Crippen molar-refractivity contribution >= 4 is 23.8 Å². The summed E-state index contributed by atoms with van der Waals surface area (Å²) in [6.45, 7) is 0.654. The molecule has 2 amide bonds. The van der Waals surface area contributed by atoms with Gasteiger partial charge >= 0.3 is 12.0 Å². The van der Waals surface area contributed by atoms with E-state index in [0.717, 1.165) is 12.8 Å². The minimum Gasteiger partial charge on any atom is -0.480 e. The van der Waals surface area contributed by atoms with E-state index < -0.39 is 18.1 Å². The first-order valence-corrected chi connectivity index (χ1v) is 8.70. The predicted octanol–water partition coefficient (Wildman–Crippen LogP) is 1.28. The van der Waals surface area contributed by atoms with Crippen molar-refractivity contribution < 1.29 is 19.8 Å². The molecule has 1 saturated carbocycles. The number of hydrogen-bond acceptors (Lipinski definition) is 4. The molecule has 0 bridgehead atoms. The van der Waals surface area contributed by atoms with Gasteiger partial charge in [0.2, 0.25) is 0 Å². The molecular weight excluding hydrogens is 292 g/mol. The van der Waals surface area contributed by atoms with Crippen molar-refractivity contribution in [3.63, 3.8) is 0 Å². The Balaban J connectivity index is 1.92. The van der Waals surface area contributed by atoms with Crippen LogP contribution in [0.15, 0.2) is 0 Å². The van der Waals surface area contributed by atoms with Crippen molar-refractivity contribution in [1.82, 2.24) is 10.2 Å². The Bertz CT molecular complexity index is 398. The van der Waals surface area contributed by atoms with Crippen LogP contribution in [0.25, 0.3) is 0 Å². The van der Waals surface area contributed by atoms with Crippen LogP contribution in [-0.4, -0.2) is 63.4 Å². The van der Waals surface area contributed by atoms with Gasteiger partial charge in [-0.25, -0.2) is 9.59 Å². The number of thioether (sulfide) groups is 1. The number of aliphatic hydroxyl groups is 1. The van der Waals surface area contributed by atoms with Crippen molar-refractivity contribution in [3.8, 4) is 0 Å². The topological polar surface area (TPSA) is 89.9 Å². The smallest absolute Gasteiger partial charge is 0.326 e. The summed E-state index contributed by atoms with van der Waals surface area (Å²) < 4.78 is 0.0744. The van der Waals surface area contributed by atoms with Crippen molar-refractivity contribution in [2.45, 2.75) is 55.4 Å². The standard InChI is InChI=1S/C14H24N2O4S/c1-21-14(5-3-2-4-6-14)9-15-13(20)16-8-10(17)7-11(16)12(18)19/h10-11,17H,2-9H2,1H3,(H,15,20)(H,18,19)/t10?,11-/m0/s1. The van der Waals surface area contributed by atoms with Crippen LogP contribution in [0.3, 0.4) is 0 Å². The molecule has 2 aliphatic rings. The summed E-state index contributed by atoms with van der Waals surface area (Å²) in [6.07, 6.45) is 7.19. The normalized spacial score (nSPS) is 28.4. The molecule has 2 atom stereocenters. The molecule has 0 aromatic rings. The van der Waals surface area contributed by atoms with Gasteiger partial charge in [0.1, 0.15) is 6.04 Å². The van der Waals surface area contributed by atoms with Crippen LogP contribution in [0, 0.1) is 0 Å². The second-order valence-corrected chi connectivity index (χ2v) is 7.28. The van der Waals surface area contributed by atoms with E-state index in [4.69, 9.17) is 5.11 Å². The fourth-order valence-electron chi connectivity index (χ4n) is 3.26. The lowest BCUT2D eigenvalue weighted by Gasteiger charge is -2.36. The van der Waals surface area contributed by atoms with Crippen LogP contribution in [-0.2, 0) is 4.79 Å². The van der Waals surface area contributed by atoms with Gasteiger partial charge in [0.25, 0.3) is 0 Å². The molecule has 2 rings (SSSR count). The van der Waals surface area contributed by atoms with Crippen LogP contribution in [0.1, 0.15) is 38.5 Å². The highest BCUT2D eigenvalue weighted by Gasteiger charge is 2.40. The van der Waals surface area contributed by atoms with Gasteiger partial charge in [-0.3, -0.25) is 0 Å². The molecule has 1 unspecified atom stereocenters. The second kappa shape index (κ2) is 6.87. The maximum absolute atomic E-state index is 12.2. The molecule has 3 N–H and O–H groups in total. The number of carbonyl (C=O) groups excluding carboxylic acids is 1. The minimum absolute atomic E-state index is 0.0744. The van der Waals surface area contributed by atoms with Gasteiger partial charge in [-0.15, -0.1) is 0 Å². The summed E-state index contributed by atoms with van der Waals surface area (Å²) in [4.78, 5) is 24.6. The number of likely N-dealkylation sites (tertiary alicyclic amines) is 1. The van der Waals surface area contributed by atoms with Crippen molar-refractivity contribution in [1.29, 1.82) is 0 Å². The van der Waals surface area contributed by atoms with Gasteiger partial charge in [-0.2, -0.15) is 11.8 Å². The Labute approximate surface area is 129 Å². The third kappa shape index (κ3) is 3.83. The van der Waals surface area contributed by atoms with Gasteiger partial charge in [0.15, 0.2) is 0 Å². The molecule has 0 spiro atoms. The van der Waals surface area contributed by atoms with E-state index in [1.807, 2.05) is 0 Å². The lowest BCUT2D eigenvalue weighted by atomic mass is 9.88. The maximum Gasteiger partial charge on any atom is 0.326 e. The van der Waals surface area contributed by atoms with Crippen LogP contribution in [0.2, 0.25) is 0 Å². The van der Waals surface area contributed by atoms with E-state index >= 15 is 0 Å². The first kappa shape index (κ1) is 16.4. The summed E-state index contributed by atoms with van der Waals surface area (Å²) in [6, 6.07) is -1.30. The van der Waals surface area contributed by atoms with Crippen LogP contribution in [0.5, 0.6) is 0 Å². The molecule has 0 aromatic carbocycles. The molecule has 2 fully saturated rings. The number of carbonyl (C=O) groups is 2. The number of aliphatic hydroxyl groups excluding tert-OH is 1. The van der Waals surface area contributed by atoms with E-state index in [1.165, 1.54) is 24.2 Å². The van der Waals surface area contributed by atoms with Crippen molar-refractivity contribution in [2.75, 3.05) is 19.3 Å². The first-order chi connectivity index (χ1) is 9.97. The summed E-state index contributed by atoms with van der Waals surface area (Å²) in [5.74, 6) is -1.06. The molecule has 1 saturated heterocycles. The third-order valence-electron chi connectivity index (χ3n) is 4.58. The highest BCUT2D eigenvalue weighted by molar-refractivity contribution is 8.00. The largest absolute Gasteiger partial charge is 0.480 e. The number of carboxylic acids is 1. The Morgan fingerprint density at radius 3 is 2.57 bits per heavy atom. The molecule has 1 aliphatic carbocycles. The quantitative estimate of drug-likeness (QED) is 0.727. The second-order valence-electron chi connectivity index (χ2n) is 6.00. The molecule has 120 valence electrons. The van der Waals surface area contributed by atoms with Gasteiger partial charge in [-0.05, 0) is 19.1 Å². The Hall–Kier alpha value is -0.950. The lowest BCUT2D eigenvalue weighted by molar-refractivity contribution is -0.141. The monoisotopic (exact) mass is 316 g/mol. The molecule has 1 aliphatic heterocycles. The number of urea groups is 1. The van der Waals surface area contributed by atoms with Crippen LogP contribution in [0.4, 0.5) is 4.79 Å². The highest BCUT2D eigenvalue weighted by atomic mass is 32.2. The molecule has 0 radical (unpaired) electrons. The predicted molar refractivity (Wildman–Crippen MR) is 81.5 cm³/mol. The number of nitrogens with zero attached hydrogens (tertiary/aromatic N) is 1. The average molecular weight is 316 g/mol. The summed E-state index contributed by atoms with van der Waals surface area (Å²) in [5.41, 5.74) is 0. The first-order valence-electron chi connectivity index (χ1n) is 7.48. The highest BCUT2D eigenvalue weighted by Crippen LogP contribution is 2.38. The van der Waals surface area contributed by atoms with Gasteiger partial charge in [0, 0.05) is 24.3 Å². The fraction of sp³-hybridized carbons (Fsp3) is 0.857. The average Bonchev–Trinajstić information content (AvgIpc) is 2.88. The van der Waals surface area contributed by atoms with Gasteiger partial charge in [0.05, 0.1) is 6.10 Å². The SMILES string of the molecule is CSC1(CNC(=O)N2CC(O)C[C@H]2C(=O)O)CCCCC1. The zero-order valence-corrected chi connectivity index (χ0v) is 13.2. The fourth-order valence-corrected chi connectivity index (χ4v) is 4.17. The zero-order chi connectivity index (χ0) is 15.5. The van der Waals surface area contributed by atoms with E-state index in [0.29, 0.717) is 6.54 Å². The number of aliphatic carboxylic acids is 1. The number of nitrogens with one attached hydrogen (secondary N) is 1.